The van der Waals surface area contributed by atoms with Crippen LogP contribution in [0.15, 0.2) is 40.0 Å². The number of hydrogen-bond donors (Lipinski definition) is 0. The molecule has 2 heterocycles. The predicted octanol–water partition coefficient (Wildman–Crippen LogP) is 1.76. The maximum absolute atomic E-state index is 12.0. The minimum absolute atomic E-state index is 0.0876. The van der Waals surface area contributed by atoms with E-state index in [1.54, 1.807) is 7.05 Å². The third-order valence-corrected chi connectivity index (χ3v) is 5.51. The summed E-state index contributed by atoms with van der Waals surface area (Å²) in [6, 6.07) is 8.26. The van der Waals surface area contributed by atoms with Crippen molar-refractivity contribution in [2.45, 2.75) is 23.8 Å². The number of sulfone groups is 1. The van der Waals surface area contributed by atoms with Crippen molar-refractivity contribution in [2.75, 3.05) is 6.26 Å². The van der Waals surface area contributed by atoms with Gasteiger partial charge in [0.25, 0.3) is 0 Å². The molecule has 0 aliphatic heterocycles. The van der Waals surface area contributed by atoms with Gasteiger partial charge in [0.1, 0.15) is 0 Å². The fraction of sp³-hybridized carbons (Fsp3) is 0.312. The van der Waals surface area contributed by atoms with Crippen LogP contribution in [0.5, 0.6) is 0 Å². The van der Waals surface area contributed by atoms with Crippen LogP contribution >= 0.6 is 0 Å². The van der Waals surface area contributed by atoms with Crippen molar-refractivity contribution in [3.8, 4) is 11.4 Å². The molecular weight excluding hydrogens is 328 g/mol. The largest absolute Gasteiger partial charge is 0.339 e. The highest BCUT2D eigenvalue weighted by atomic mass is 32.2. The van der Waals surface area contributed by atoms with Crippen LogP contribution in [0.1, 0.15) is 22.9 Å². The average molecular weight is 344 g/mol. The summed E-state index contributed by atoms with van der Waals surface area (Å²) in [6.45, 7) is 0. The van der Waals surface area contributed by atoms with Crippen molar-refractivity contribution in [3.63, 3.8) is 0 Å². The van der Waals surface area contributed by atoms with Gasteiger partial charge >= 0.3 is 0 Å². The number of fused-ring (bicyclic) bond motifs is 1. The van der Waals surface area contributed by atoms with Crippen molar-refractivity contribution in [2.24, 2.45) is 7.05 Å². The summed E-state index contributed by atoms with van der Waals surface area (Å²) in [5, 5.41) is 8.08. The first kappa shape index (κ1) is 15.1. The molecule has 0 spiro atoms. The van der Waals surface area contributed by atoms with E-state index in [4.69, 9.17) is 4.52 Å². The second-order valence-electron chi connectivity index (χ2n) is 6.09. The van der Waals surface area contributed by atoms with Crippen LogP contribution in [-0.4, -0.2) is 34.6 Å². The zero-order valence-corrected chi connectivity index (χ0v) is 14.1. The van der Waals surface area contributed by atoms with Gasteiger partial charge in [0.2, 0.25) is 11.7 Å². The minimum atomic E-state index is -3.44. The van der Waals surface area contributed by atoms with E-state index in [1.165, 1.54) is 22.0 Å². The Morgan fingerprint density at radius 3 is 2.50 bits per heavy atom. The second kappa shape index (κ2) is 5.27. The van der Waals surface area contributed by atoms with Crippen molar-refractivity contribution < 1.29 is 12.9 Å². The third kappa shape index (κ3) is 2.43. The van der Waals surface area contributed by atoms with Crippen LogP contribution in [-0.2, 0) is 29.7 Å². The number of rotatable bonds is 3. The SMILES string of the molecule is Cn1ncc(-c2noc(C3Cc4ccccc4C3)n2)c1S(C)(=O)=O. The standard InChI is InChI=1S/C16H16N4O3S/c1-20-16(24(2,21)22)13(9-17-20)14-18-15(23-19-14)12-7-10-5-3-4-6-11(10)8-12/h3-6,9,12H,7-8H2,1-2H3. The fourth-order valence-corrected chi connectivity index (χ4v) is 4.33. The second-order valence-corrected chi connectivity index (χ2v) is 8.02. The van der Waals surface area contributed by atoms with Gasteiger partial charge < -0.3 is 4.52 Å². The molecular formula is C16H16N4O3S. The Labute approximate surface area is 139 Å². The van der Waals surface area contributed by atoms with E-state index in [0.717, 1.165) is 19.1 Å². The fourth-order valence-electron chi connectivity index (χ4n) is 3.26. The molecule has 24 heavy (non-hydrogen) atoms. The molecule has 0 radical (unpaired) electrons. The first-order valence-corrected chi connectivity index (χ1v) is 9.45. The van der Waals surface area contributed by atoms with Crippen LogP contribution in [0.3, 0.4) is 0 Å². The number of benzene rings is 1. The normalized spacial score (nSPS) is 14.9. The molecule has 0 saturated heterocycles. The highest BCUT2D eigenvalue weighted by Crippen LogP contribution is 2.34. The molecule has 0 atom stereocenters. The molecule has 1 aliphatic rings. The molecule has 0 N–H and O–H groups in total. The molecule has 0 amide bonds. The van der Waals surface area contributed by atoms with E-state index in [9.17, 15) is 8.42 Å². The van der Waals surface area contributed by atoms with Gasteiger partial charge in [-0.1, -0.05) is 29.4 Å². The molecule has 8 heteroatoms. The lowest BCUT2D eigenvalue weighted by Crippen LogP contribution is -2.07. The van der Waals surface area contributed by atoms with Crippen molar-refractivity contribution in [3.05, 3.63) is 47.5 Å². The van der Waals surface area contributed by atoms with Crippen LogP contribution in [0.25, 0.3) is 11.4 Å². The quantitative estimate of drug-likeness (QED) is 0.719. The van der Waals surface area contributed by atoms with Gasteiger partial charge in [-0.15, -0.1) is 0 Å². The van der Waals surface area contributed by atoms with Gasteiger partial charge in [-0.05, 0) is 24.0 Å². The molecule has 7 nitrogen and oxygen atoms in total. The Kier molecular flexibility index (Phi) is 3.31. The highest BCUT2D eigenvalue weighted by molar-refractivity contribution is 7.90. The Morgan fingerprint density at radius 1 is 1.21 bits per heavy atom. The summed E-state index contributed by atoms with van der Waals surface area (Å²) in [4.78, 5) is 4.44. The lowest BCUT2D eigenvalue weighted by Gasteiger charge is -2.01. The van der Waals surface area contributed by atoms with Crippen molar-refractivity contribution in [1.29, 1.82) is 0 Å². The molecule has 0 unspecified atom stereocenters. The molecule has 0 fully saturated rings. The minimum Gasteiger partial charge on any atom is -0.339 e. The maximum Gasteiger partial charge on any atom is 0.230 e. The van der Waals surface area contributed by atoms with E-state index in [1.807, 2.05) is 12.1 Å². The number of hydrogen-bond acceptors (Lipinski definition) is 6. The maximum atomic E-state index is 12.0. The average Bonchev–Trinajstić information content (AvgIpc) is 3.22. The summed E-state index contributed by atoms with van der Waals surface area (Å²) in [5.41, 5.74) is 2.95. The topological polar surface area (TPSA) is 90.9 Å². The molecule has 124 valence electrons. The van der Waals surface area contributed by atoms with Crippen LogP contribution < -0.4 is 0 Å². The molecule has 2 aromatic heterocycles. The Morgan fingerprint density at radius 2 is 1.88 bits per heavy atom. The van der Waals surface area contributed by atoms with Crippen molar-refractivity contribution in [1.82, 2.24) is 19.9 Å². The van der Waals surface area contributed by atoms with Crippen molar-refractivity contribution >= 4 is 9.84 Å². The molecule has 4 rings (SSSR count). The van der Waals surface area contributed by atoms with Gasteiger partial charge in [0.05, 0.1) is 11.8 Å². The Hall–Kier alpha value is -2.48. The van der Waals surface area contributed by atoms with Gasteiger partial charge in [0.15, 0.2) is 14.9 Å². The summed E-state index contributed by atoms with van der Waals surface area (Å²) < 4.78 is 30.7. The van der Waals surface area contributed by atoms with E-state index in [0.29, 0.717) is 11.5 Å². The monoisotopic (exact) mass is 344 g/mol. The van der Waals surface area contributed by atoms with Gasteiger partial charge in [-0.3, -0.25) is 4.68 Å². The molecule has 0 bridgehead atoms. The smallest absolute Gasteiger partial charge is 0.230 e. The lowest BCUT2D eigenvalue weighted by molar-refractivity contribution is 0.356. The van der Waals surface area contributed by atoms with Gasteiger partial charge in [0, 0.05) is 19.2 Å². The predicted molar refractivity (Wildman–Crippen MR) is 86.2 cm³/mol. The first-order valence-electron chi connectivity index (χ1n) is 7.56. The Bertz CT molecular complexity index is 995. The summed E-state index contributed by atoms with van der Waals surface area (Å²) >= 11 is 0. The van der Waals surface area contributed by atoms with E-state index >= 15 is 0 Å². The first-order chi connectivity index (χ1) is 11.4. The van der Waals surface area contributed by atoms with Crippen LogP contribution in [0.4, 0.5) is 0 Å². The lowest BCUT2D eigenvalue weighted by atomic mass is 10.1. The molecule has 1 aliphatic carbocycles. The zero-order valence-electron chi connectivity index (χ0n) is 13.3. The summed E-state index contributed by atoms with van der Waals surface area (Å²) in [6.07, 6.45) is 4.30. The zero-order chi connectivity index (χ0) is 16.9. The molecule has 1 aromatic carbocycles. The van der Waals surface area contributed by atoms with Crippen LogP contribution in [0, 0.1) is 0 Å². The molecule has 0 saturated carbocycles. The number of nitrogens with zero attached hydrogens (tertiary/aromatic N) is 4. The van der Waals surface area contributed by atoms with Crippen LogP contribution in [0.2, 0.25) is 0 Å². The van der Waals surface area contributed by atoms with Gasteiger partial charge in [-0.2, -0.15) is 10.1 Å². The number of aryl methyl sites for hydroxylation is 1. The van der Waals surface area contributed by atoms with E-state index in [2.05, 4.69) is 27.4 Å². The Balaban J connectivity index is 1.68. The van der Waals surface area contributed by atoms with Gasteiger partial charge in [-0.25, -0.2) is 8.42 Å². The summed E-state index contributed by atoms with van der Waals surface area (Å²) in [5.74, 6) is 0.918. The third-order valence-electron chi connectivity index (χ3n) is 4.32. The van der Waals surface area contributed by atoms with E-state index in [-0.39, 0.29) is 16.8 Å². The summed E-state index contributed by atoms with van der Waals surface area (Å²) in [7, 11) is -1.87. The number of aromatic nitrogens is 4. The molecule has 3 aromatic rings. The highest BCUT2D eigenvalue weighted by Gasteiger charge is 2.29. The van der Waals surface area contributed by atoms with E-state index < -0.39 is 9.84 Å².